The molecular weight excluding hydrogens is 338 g/mol. The Morgan fingerprint density at radius 2 is 2.28 bits per heavy atom. The first-order valence-electron chi connectivity index (χ1n) is 8.05. The summed E-state index contributed by atoms with van der Waals surface area (Å²) in [6, 6.07) is 5.39. The third kappa shape index (κ3) is 3.52. The second-order valence-corrected chi connectivity index (χ2v) is 6.76. The van der Waals surface area contributed by atoms with Crippen LogP contribution in [0.1, 0.15) is 39.8 Å². The maximum atomic E-state index is 12.4. The average Bonchev–Trinajstić information content (AvgIpc) is 3.20. The normalized spacial score (nSPS) is 12.3. The monoisotopic (exact) mass is 359 g/mol. The zero-order valence-electron chi connectivity index (χ0n) is 14.5. The molecule has 1 aromatic carbocycles. The number of furan rings is 1. The lowest BCUT2D eigenvalue weighted by Gasteiger charge is -2.11. The number of methoxy groups -OCH3 is 1. The molecule has 2 heterocycles. The maximum Gasteiger partial charge on any atom is 0.271 e. The molecule has 6 nitrogen and oxygen atoms in total. The lowest BCUT2D eigenvalue weighted by Crippen LogP contribution is -2.27. The van der Waals surface area contributed by atoms with E-state index in [2.05, 4.69) is 10.3 Å². The molecule has 0 saturated heterocycles. The summed E-state index contributed by atoms with van der Waals surface area (Å²) in [7, 11) is 1.63. The van der Waals surface area contributed by atoms with Crippen LogP contribution in [0, 0.1) is 6.92 Å². The average molecular weight is 359 g/mol. The number of hydrogen-bond donors (Lipinski definition) is 2. The number of nitrogens with two attached hydrogens (primary N) is 1. The number of benzene rings is 1. The highest BCUT2D eigenvalue weighted by molar-refractivity contribution is 7.09. The van der Waals surface area contributed by atoms with Gasteiger partial charge in [-0.15, -0.1) is 11.3 Å². The molecule has 1 atom stereocenters. The predicted molar refractivity (Wildman–Crippen MR) is 98.3 cm³/mol. The van der Waals surface area contributed by atoms with Gasteiger partial charge in [0, 0.05) is 22.8 Å². The van der Waals surface area contributed by atoms with Crippen molar-refractivity contribution in [2.24, 2.45) is 5.73 Å². The van der Waals surface area contributed by atoms with E-state index in [0.29, 0.717) is 18.7 Å². The van der Waals surface area contributed by atoms with Crippen molar-refractivity contribution in [1.82, 2.24) is 10.3 Å². The van der Waals surface area contributed by atoms with Crippen LogP contribution in [0.15, 0.2) is 28.0 Å². The highest BCUT2D eigenvalue weighted by atomic mass is 32.1. The number of ether oxygens (including phenoxy) is 1. The molecule has 1 unspecified atom stereocenters. The molecule has 132 valence electrons. The lowest BCUT2D eigenvalue weighted by atomic mass is 10.1. The first-order chi connectivity index (χ1) is 12.0. The molecule has 0 aliphatic rings. The van der Waals surface area contributed by atoms with Crippen molar-refractivity contribution in [3.63, 3.8) is 0 Å². The van der Waals surface area contributed by atoms with Crippen LogP contribution in [0.25, 0.3) is 11.0 Å². The molecule has 0 aliphatic carbocycles. The van der Waals surface area contributed by atoms with Gasteiger partial charge in [-0.1, -0.05) is 0 Å². The number of carbonyl (C=O) groups is 1. The van der Waals surface area contributed by atoms with Crippen molar-refractivity contribution in [2.75, 3.05) is 13.7 Å². The van der Waals surface area contributed by atoms with Gasteiger partial charge in [-0.3, -0.25) is 4.79 Å². The molecule has 7 heteroatoms. The van der Waals surface area contributed by atoms with Gasteiger partial charge in [-0.25, -0.2) is 4.98 Å². The number of aryl methyl sites for hydroxylation is 1. The number of rotatable bonds is 6. The van der Waals surface area contributed by atoms with Crippen molar-refractivity contribution in [2.45, 2.75) is 26.3 Å². The summed E-state index contributed by atoms with van der Waals surface area (Å²) in [6.45, 7) is 4.39. The third-order valence-electron chi connectivity index (χ3n) is 4.06. The summed E-state index contributed by atoms with van der Waals surface area (Å²) in [5.74, 6) is 1.29. The number of hydrogen-bond acceptors (Lipinski definition) is 6. The first-order valence-corrected chi connectivity index (χ1v) is 8.93. The van der Waals surface area contributed by atoms with Crippen LogP contribution in [-0.4, -0.2) is 24.5 Å². The molecule has 0 radical (unpaired) electrons. The molecule has 3 aromatic rings. The molecule has 0 spiro atoms. The van der Waals surface area contributed by atoms with Gasteiger partial charge in [0.05, 0.1) is 18.2 Å². The minimum Gasteiger partial charge on any atom is -0.497 e. The Morgan fingerprint density at radius 1 is 1.48 bits per heavy atom. The lowest BCUT2D eigenvalue weighted by molar-refractivity contribution is 0.0931. The van der Waals surface area contributed by atoms with Gasteiger partial charge in [0.1, 0.15) is 22.8 Å². The topological polar surface area (TPSA) is 90.4 Å². The predicted octanol–water partition coefficient (Wildman–Crippen LogP) is 3.20. The standard InChI is InChI=1S/C18H21N3O3S/c1-10-13-8-12(23-3)4-5-15(13)24-17(10)11(2)20-18(22)14-9-25-16(21-14)6-7-19/h4-5,8-9,11H,6-7,19H2,1-3H3,(H,20,22). The Hall–Kier alpha value is -2.38. The van der Waals surface area contributed by atoms with Crippen LogP contribution in [0.4, 0.5) is 0 Å². The van der Waals surface area contributed by atoms with Crippen LogP contribution < -0.4 is 15.8 Å². The van der Waals surface area contributed by atoms with E-state index < -0.39 is 0 Å². The van der Waals surface area contributed by atoms with Crippen molar-refractivity contribution < 1.29 is 13.9 Å². The van der Waals surface area contributed by atoms with E-state index in [9.17, 15) is 4.79 Å². The number of nitrogens with zero attached hydrogens (tertiary/aromatic N) is 1. The maximum absolute atomic E-state index is 12.4. The molecule has 3 N–H and O–H groups in total. The van der Waals surface area contributed by atoms with Crippen LogP contribution in [-0.2, 0) is 6.42 Å². The Bertz CT molecular complexity index is 900. The second kappa shape index (κ2) is 7.25. The summed E-state index contributed by atoms with van der Waals surface area (Å²) < 4.78 is 11.2. The molecule has 3 rings (SSSR count). The van der Waals surface area contributed by atoms with Crippen LogP contribution >= 0.6 is 11.3 Å². The van der Waals surface area contributed by atoms with Crippen LogP contribution in [0.2, 0.25) is 0 Å². The van der Waals surface area contributed by atoms with Crippen LogP contribution in [0.3, 0.4) is 0 Å². The summed E-state index contributed by atoms with van der Waals surface area (Å²) >= 11 is 1.45. The molecule has 25 heavy (non-hydrogen) atoms. The Labute approximate surface area is 150 Å². The van der Waals surface area contributed by atoms with Crippen molar-refractivity contribution in [3.8, 4) is 5.75 Å². The molecule has 1 amide bonds. The van der Waals surface area contributed by atoms with Gasteiger partial charge in [-0.2, -0.15) is 0 Å². The summed E-state index contributed by atoms with van der Waals surface area (Å²) in [6.07, 6.45) is 0.679. The van der Waals surface area contributed by atoms with E-state index in [1.54, 1.807) is 12.5 Å². The van der Waals surface area contributed by atoms with E-state index in [1.165, 1.54) is 11.3 Å². The van der Waals surface area contributed by atoms with Crippen LogP contribution in [0.5, 0.6) is 5.75 Å². The fourth-order valence-corrected chi connectivity index (χ4v) is 3.54. The number of aromatic nitrogens is 1. The molecule has 0 fully saturated rings. The van der Waals surface area contributed by atoms with Crippen molar-refractivity contribution >= 4 is 28.2 Å². The third-order valence-corrected chi connectivity index (χ3v) is 4.97. The minimum absolute atomic E-state index is 0.218. The minimum atomic E-state index is -0.273. The highest BCUT2D eigenvalue weighted by Crippen LogP contribution is 2.32. The van der Waals surface area contributed by atoms with Gasteiger partial charge in [0.15, 0.2) is 0 Å². The van der Waals surface area contributed by atoms with Gasteiger partial charge in [-0.05, 0) is 38.6 Å². The summed E-state index contributed by atoms with van der Waals surface area (Å²) in [5.41, 5.74) is 7.70. The molecule has 0 saturated carbocycles. The van der Waals surface area contributed by atoms with E-state index >= 15 is 0 Å². The molecule has 0 aliphatic heterocycles. The fraction of sp³-hybridized carbons (Fsp3) is 0.333. The van der Waals surface area contributed by atoms with Gasteiger partial charge in [0.2, 0.25) is 0 Å². The summed E-state index contributed by atoms with van der Waals surface area (Å²) in [4.78, 5) is 16.7. The number of fused-ring (bicyclic) bond motifs is 1. The number of nitrogens with one attached hydrogen (secondary N) is 1. The number of amides is 1. The molecular formula is C18H21N3O3S. The first kappa shape index (κ1) is 17.4. The Balaban J connectivity index is 1.80. The van der Waals surface area contributed by atoms with E-state index in [0.717, 1.165) is 33.1 Å². The van der Waals surface area contributed by atoms with Gasteiger partial charge < -0.3 is 20.2 Å². The molecule has 2 aromatic heterocycles. The Kier molecular flexibility index (Phi) is 5.06. The number of thiazole rings is 1. The summed E-state index contributed by atoms with van der Waals surface area (Å²) in [5, 5.41) is 6.55. The highest BCUT2D eigenvalue weighted by Gasteiger charge is 2.20. The smallest absolute Gasteiger partial charge is 0.271 e. The number of carbonyl (C=O) groups excluding carboxylic acids is 1. The second-order valence-electron chi connectivity index (χ2n) is 5.81. The zero-order chi connectivity index (χ0) is 18.0. The fourth-order valence-electron chi connectivity index (χ4n) is 2.75. The quantitative estimate of drug-likeness (QED) is 0.705. The Morgan fingerprint density at radius 3 is 3.00 bits per heavy atom. The molecule has 0 bridgehead atoms. The van der Waals surface area contributed by atoms with Gasteiger partial charge in [0.25, 0.3) is 5.91 Å². The van der Waals surface area contributed by atoms with E-state index in [4.69, 9.17) is 14.9 Å². The van der Waals surface area contributed by atoms with Gasteiger partial charge >= 0.3 is 0 Å². The SMILES string of the molecule is COc1ccc2oc(C(C)NC(=O)c3csc(CCN)n3)c(C)c2c1. The largest absolute Gasteiger partial charge is 0.497 e. The van der Waals surface area contributed by atoms with Crippen molar-refractivity contribution in [1.29, 1.82) is 0 Å². The van der Waals surface area contributed by atoms with E-state index in [-0.39, 0.29) is 11.9 Å². The zero-order valence-corrected chi connectivity index (χ0v) is 15.3. The van der Waals surface area contributed by atoms with Crippen molar-refractivity contribution in [3.05, 3.63) is 45.6 Å². The van der Waals surface area contributed by atoms with E-state index in [1.807, 2.05) is 32.0 Å².